The van der Waals surface area contributed by atoms with Crippen molar-refractivity contribution in [3.8, 4) is 11.3 Å². The molecular weight excluding hydrogens is 426 g/mol. The van der Waals surface area contributed by atoms with Crippen LogP contribution < -0.4 is 10.2 Å². The molecule has 8 heteroatoms. The van der Waals surface area contributed by atoms with Crippen LogP contribution in [-0.2, 0) is 9.59 Å². The molecule has 1 aromatic carbocycles. The zero-order chi connectivity index (χ0) is 19.7. The van der Waals surface area contributed by atoms with Crippen LogP contribution in [0.25, 0.3) is 17.4 Å². The molecule has 0 aliphatic carbocycles. The number of hydrogen-bond acceptors (Lipinski definition) is 5. The van der Waals surface area contributed by atoms with E-state index >= 15 is 0 Å². The first-order chi connectivity index (χ1) is 13.5. The van der Waals surface area contributed by atoms with Crippen LogP contribution in [0.4, 0.5) is 10.5 Å². The summed E-state index contributed by atoms with van der Waals surface area (Å²) in [5.41, 5.74) is 0.958. The van der Waals surface area contributed by atoms with Crippen molar-refractivity contribution in [3.63, 3.8) is 0 Å². The SMILES string of the molecule is O=C1NC(=O)N(c2ccncc2)C(=O)/C1=C\c1ccc(-c2ccc(Br)cc2)o1. The van der Waals surface area contributed by atoms with Crippen molar-refractivity contribution < 1.29 is 18.8 Å². The largest absolute Gasteiger partial charge is 0.457 e. The van der Waals surface area contributed by atoms with Crippen LogP contribution in [0, 0.1) is 0 Å². The summed E-state index contributed by atoms with van der Waals surface area (Å²) in [6.07, 6.45) is 4.22. The minimum Gasteiger partial charge on any atom is -0.457 e. The molecule has 0 atom stereocenters. The van der Waals surface area contributed by atoms with Crippen LogP contribution in [0.1, 0.15) is 5.76 Å². The van der Waals surface area contributed by atoms with Gasteiger partial charge in [0.25, 0.3) is 11.8 Å². The van der Waals surface area contributed by atoms with E-state index in [0.29, 0.717) is 17.2 Å². The number of pyridine rings is 1. The lowest BCUT2D eigenvalue weighted by molar-refractivity contribution is -0.122. The summed E-state index contributed by atoms with van der Waals surface area (Å²) in [5, 5.41) is 2.16. The van der Waals surface area contributed by atoms with Crippen LogP contribution in [0.5, 0.6) is 0 Å². The highest BCUT2D eigenvalue weighted by molar-refractivity contribution is 9.10. The lowest BCUT2D eigenvalue weighted by Gasteiger charge is -2.25. The minimum absolute atomic E-state index is 0.201. The third-order valence-corrected chi connectivity index (χ3v) is 4.59. The maximum atomic E-state index is 12.8. The molecule has 138 valence electrons. The van der Waals surface area contributed by atoms with E-state index < -0.39 is 17.8 Å². The average Bonchev–Trinajstić information content (AvgIpc) is 3.15. The summed E-state index contributed by atoms with van der Waals surface area (Å²) in [4.78, 5) is 41.8. The van der Waals surface area contributed by atoms with Crippen LogP contribution >= 0.6 is 15.9 Å². The van der Waals surface area contributed by atoms with E-state index in [9.17, 15) is 14.4 Å². The summed E-state index contributed by atoms with van der Waals surface area (Å²) < 4.78 is 6.68. The van der Waals surface area contributed by atoms with Crippen molar-refractivity contribution in [2.24, 2.45) is 0 Å². The molecule has 2 aromatic heterocycles. The van der Waals surface area contributed by atoms with Gasteiger partial charge in [-0.2, -0.15) is 0 Å². The normalized spacial score (nSPS) is 15.8. The zero-order valence-electron chi connectivity index (χ0n) is 14.3. The number of carbonyl (C=O) groups is 3. The number of halogens is 1. The molecule has 0 saturated carbocycles. The highest BCUT2D eigenvalue weighted by Crippen LogP contribution is 2.26. The van der Waals surface area contributed by atoms with E-state index in [0.717, 1.165) is 14.9 Å². The first-order valence-corrected chi connectivity index (χ1v) is 8.99. The molecule has 1 N–H and O–H groups in total. The maximum absolute atomic E-state index is 12.8. The molecule has 0 bridgehead atoms. The lowest BCUT2D eigenvalue weighted by Crippen LogP contribution is -2.54. The number of carbonyl (C=O) groups excluding carboxylic acids is 3. The Morgan fingerprint density at radius 2 is 1.68 bits per heavy atom. The fourth-order valence-electron chi connectivity index (χ4n) is 2.73. The minimum atomic E-state index is -0.812. The van der Waals surface area contributed by atoms with Gasteiger partial charge in [0.1, 0.15) is 17.1 Å². The number of urea groups is 1. The summed E-state index contributed by atoms with van der Waals surface area (Å²) >= 11 is 3.37. The average molecular weight is 438 g/mol. The Bertz CT molecular complexity index is 1100. The summed E-state index contributed by atoms with van der Waals surface area (Å²) in [7, 11) is 0. The molecule has 4 rings (SSSR count). The molecule has 3 heterocycles. The number of imide groups is 2. The summed E-state index contributed by atoms with van der Waals surface area (Å²) in [5.74, 6) is -0.603. The lowest BCUT2D eigenvalue weighted by atomic mass is 10.1. The van der Waals surface area contributed by atoms with E-state index in [1.165, 1.54) is 30.6 Å². The second-order valence-corrected chi connectivity index (χ2v) is 6.79. The Morgan fingerprint density at radius 1 is 0.964 bits per heavy atom. The third kappa shape index (κ3) is 3.37. The van der Waals surface area contributed by atoms with Gasteiger partial charge in [0.15, 0.2) is 0 Å². The van der Waals surface area contributed by atoms with Gasteiger partial charge < -0.3 is 4.42 Å². The Labute approximate surface area is 167 Å². The fourth-order valence-corrected chi connectivity index (χ4v) is 2.99. The molecule has 0 spiro atoms. The molecule has 1 aliphatic heterocycles. The number of aromatic nitrogens is 1. The number of nitrogens with zero attached hydrogens (tertiary/aromatic N) is 2. The molecule has 1 fully saturated rings. The fraction of sp³-hybridized carbons (Fsp3) is 0. The van der Waals surface area contributed by atoms with Gasteiger partial charge in [-0.25, -0.2) is 9.69 Å². The summed E-state index contributed by atoms with van der Waals surface area (Å²) in [6.45, 7) is 0. The Morgan fingerprint density at radius 3 is 2.39 bits per heavy atom. The molecule has 3 aromatic rings. The van der Waals surface area contributed by atoms with E-state index in [1.54, 1.807) is 12.1 Å². The maximum Gasteiger partial charge on any atom is 0.335 e. The highest BCUT2D eigenvalue weighted by atomic mass is 79.9. The Balaban J connectivity index is 1.67. The molecule has 1 aliphatic rings. The van der Waals surface area contributed by atoms with Crippen molar-refractivity contribution in [2.45, 2.75) is 0 Å². The standard InChI is InChI=1S/C20H12BrN3O4/c21-13-3-1-12(2-4-13)17-6-5-15(28-17)11-16-18(25)23-20(27)24(19(16)26)14-7-9-22-10-8-14/h1-11H,(H,23,25,27)/b16-11-. The monoisotopic (exact) mass is 437 g/mol. The molecule has 4 amide bonds. The number of nitrogens with one attached hydrogen (secondary N) is 1. The van der Waals surface area contributed by atoms with Crippen LogP contribution in [0.2, 0.25) is 0 Å². The topological polar surface area (TPSA) is 92.5 Å². The molecule has 0 unspecified atom stereocenters. The van der Waals surface area contributed by atoms with Crippen molar-refractivity contribution in [2.75, 3.05) is 4.90 Å². The first kappa shape index (κ1) is 17.9. The predicted octanol–water partition coefficient (Wildman–Crippen LogP) is 3.77. The van der Waals surface area contributed by atoms with E-state index in [1.807, 2.05) is 24.3 Å². The van der Waals surface area contributed by atoms with Gasteiger partial charge in [-0.3, -0.25) is 19.9 Å². The number of amides is 4. The van der Waals surface area contributed by atoms with Gasteiger partial charge in [-0.15, -0.1) is 0 Å². The number of barbiturate groups is 1. The van der Waals surface area contributed by atoms with Gasteiger partial charge >= 0.3 is 6.03 Å². The molecule has 7 nitrogen and oxygen atoms in total. The predicted molar refractivity (Wildman–Crippen MR) is 105 cm³/mol. The second-order valence-electron chi connectivity index (χ2n) is 5.87. The summed E-state index contributed by atoms with van der Waals surface area (Å²) in [6, 6.07) is 13.1. The van der Waals surface area contributed by atoms with Crippen molar-refractivity contribution in [1.82, 2.24) is 10.3 Å². The van der Waals surface area contributed by atoms with Gasteiger partial charge in [0, 0.05) is 22.4 Å². The molecular formula is C20H12BrN3O4. The van der Waals surface area contributed by atoms with Gasteiger partial charge in [-0.05, 0) is 42.5 Å². The zero-order valence-corrected chi connectivity index (χ0v) is 15.8. The van der Waals surface area contributed by atoms with Crippen LogP contribution in [0.3, 0.4) is 0 Å². The van der Waals surface area contributed by atoms with E-state index in [-0.39, 0.29) is 5.57 Å². The second kappa shape index (κ2) is 7.24. The highest BCUT2D eigenvalue weighted by Gasteiger charge is 2.37. The van der Waals surface area contributed by atoms with Crippen molar-refractivity contribution in [1.29, 1.82) is 0 Å². The van der Waals surface area contributed by atoms with Crippen LogP contribution in [0.15, 0.2) is 75.4 Å². The van der Waals surface area contributed by atoms with E-state index in [4.69, 9.17) is 4.42 Å². The molecule has 0 radical (unpaired) electrons. The van der Waals surface area contributed by atoms with Crippen LogP contribution in [-0.4, -0.2) is 22.8 Å². The van der Waals surface area contributed by atoms with Crippen molar-refractivity contribution >= 4 is 45.5 Å². The van der Waals surface area contributed by atoms with E-state index in [2.05, 4.69) is 26.2 Å². The smallest absolute Gasteiger partial charge is 0.335 e. The van der Waals surface area contributed by atoms with Gasteiger partial charge in [-0.1, -0.05) is 28.1 Å². The first-order valence-electron chi connectivity index (χ1n) is 8.20. The molecule has 28 heavy (non-hydrogen) atoms. The number of benzene rings is 1. The number of furan rings is 1. The molecule has 1 saturated heterocycles. The van der Waals surface area contributed by atoms with Gasteiger partial charge in [0.05, 0.1) is 5.69 Å². The number of hydrogen-bond donors (Lipinski definition) is 1. The Hall–Kier alpha value is -3.52. The quantitative estimate of drug-likeness (QED) is 0.497. The van der Waals surface area contributed by atoms with Crippen molar-refractivity contribution in [3.05, 3.63) is 76.7 Å². The van der Waals surface area contributed by atoms with Gasteiger partial charge in [0.2, 0.25) is 0 Å². The number of rotatable bonds is 3. The third-order valence-electron chi connectivity index (χ3n) is 4.06. The number of anilines is 1. The Kier molecular flexibility index (Phi) is 4.62.